The van der Waals surface area contributed by atoms with Crippen molar-refractivity contribution in [2.24, 2.45) is 0 Å². The van der Waals surface area contributed by atoms with Crippen LogP contribution in [0.3, 0.4) is 0 Å². The van der Waals surface area contributed by atoms with Gasteiger partial charge in [-0.3, -0.25) is 4.79 Å². The zero-order valence-corrected chi connectivity index (χ0v) is 19.9. The first-order valence-electron chi connectivity index (χ1n) is 9.15. The van der Waals surface area contributed by atoms with Gasteiger partial charge in [-0.1, -0.05) is 29.8 Å². The molecule has 0 fully saturated rings. The molecule has 0 radical (unpaired) electrons. The van der Waals surface area contributed by atoms with Crippen LogP contribution in [-0.4, -0.2) is 31.9 Å². The van der Waals surface area contributed by atoms with Crippen molar-refractivity contribution in [2.75, 3.05) is 0 Å². The predicted octanol–water partition coefficient (Wildman–Crippen LogP) is 2.72. The minimum absolute atomic E-state index is 0. The van der Waals surface area contributed by atoms with Crippen molar-refractivity contribution in [3.63, 3.8) is 0 Å². The Bertz CT molecular complexity index is 1460. The summed E-state index contributed by atoms with van der Waals surface area (Å²) >= 11 is 5.93. The molecule has 12 heteroatoms. The summed E-state index contributed by atoms with van der Waals surface area (Å²) in [6.45, 7) is 0. The van der Waals surface area contributed by atoms with E-state index in [4.69, 9.17) is 16.7 Å². The SMILES string of the molecule is O=C(O)c1ccc(-c2nn(C(=O)c3c(Cl)cccc3C(F)(F)F)c3cccc(F)c23)cc1O.[H-].[Na+]. The van der Waals surface area contributed by atoms with E-state index in [1.54, 1.807) is 0 Å². The van der Waals surface area contributed by atoms with E-state index in [0.29, 0.717) is 10.7 Å². The number of nitrogens with zero attached hydrogens (tertiary/aromatic N) is 2. The summed E-state index contributed by atoms with van der Waals surface area (Å²) in [6, 6.07) is 9.71. The van der Waals surface area contributed by atoms with Gasteiger partial charge in [0.25, 0.3) is 5.91 Å². The van der Waals surface area contributed by atoms with E-state index in [9.17, 15) is 32.3 Å². The van der Waals surface area contributed by atoms with Crippen molar-refractivity contribution in [3.8, 4) is 17.0 Å². The van der Waals surface area contributed by atoms with Crippen LogP contribution in [0.25, 0.3) is 22.2 Å². The summed E-state index contributed by atoms with van der Waals surface area (Å²) in [7, 11) is 0. The molecule has 0 spiro atoms. The molecular weight excluding hydrogens is 491 g/mol. The fraction of sp³-hybridized carbons (Fsp3) is 0.0455. The number of carbonyl (C=O) groups excluding carboxylic acids is 1. The number of aromatic nitrogens is 2. The van der Waals surface area contributed by atoms with Gasteiger partial charge in [0, 0.05) is 5.56 Å². The summed E-state index contributed by atoms with van der Waals surface area (Å²) in [5, 5.41) is 22.4. The first-order chi connectivity index (χ1) is 15.5. The minimum atomic E-state index is -4.90. The molecule has 0 amide bonds. The van der Waals surface area contributed by atoms with E-state index in [-0.39, 0.29) is 53.1 Å². The van der Waals surface area contributed by atoms with Crippen LogP contribution in [0.5, 0.6) is 5.75 Å². The maximum Gasteiger partial charge on any atom is 1.00 e. The Labute approximate surface area is 217 Å². The number of aromatic carboxylic acids is 1. The quantitative estimate of drug-likeness (QED) is 0.332. The summed E-state index contributed by atoms with van der Waals surface area (Å²) < 4.78 is 55.9. The number of hydrogen-bond donors (Lipinski definition) is 2. The van der Waals surface area contributed by atoms with Gasteiger partial charge in [0.2, 0.25) is 0 Å². The van der Waals surface area contributed by atoms with Crippen molar-refractivity contribution in [1.82, 2.24) is 9.78 Å². The molecule has 0 bridgehead atoms. The maximum atomic E-state index is 14.7. The number of phenols is 1. The Kier molecular flexibility index (Phi) is 7.09. The average Bonchev–Trinajstić information content (AvgIpc) is 3.13. The van der Waals surface area contributed by atoms with Gasteiger partial charge in [0.05, 0.1) is 27.1 Å². The van der Waals surface area contributed by atoms with Crippen molar-refractivity contribution in [3.05, 3.63) is 82.1 Å². The van der Waals surface area contributed by atoms with Crippen LogP contribution in [0.15, 0.2) is 54.6 Å². The fourth-order valence-corrected chi connectivity index (χ4v) is 3.68. The van der Waals surface area contributed by atoms with E-state index in [0.717, 1.165) is 30.3 Å². The first-order valence-corrected chi connectivity index (χ1v) is 9.53. The molecule has 170 valence electrons. The molecule has 0 saturated heterocycles. The van der Waals surface area contributed by atoms with Crippen LogP contribution in [0.2, 0.25) is 5.02 Å². The minimum Gasteiger partial charge on any atom is -1.00 e. The smallest absolute Gasteiger partial charge is 1.00 e. The standard InChI is InChI=1S/C22H11ClF4N2O4.Na.H/c23-13-4-1-3-12(22(25,26)27)17(13)20(31)29-15-6-2-5-14(24)18(15)19(28-29)10-7-8-11(21(32)33)16(30)9-10;;/h1-9,30H,(H,32,33);;/q;+1;-1. The molecule has 0 atom stereocenters. The first kappa shape index (κ1) is 25.7. The molecule has 1 heterocycles. The Morgan fingerprint density at radius 1 is 1.06 bits per heavy atom. The molecule has 3 aromatic carbocycles. The number of fused-ring (bicyclic) bond motifs is 1. The third-order valence-corrected chi connectivity index (χ3v) is 5.20. The number of carboxylic acids is 1. The number of hydrogen-bond acceptors (Lipinski definition) is 4. The van der Waals surface area contributed by atoms with Gasteiger partial charge in [0.1, 0.15) is 22.8 Å². The molecule has 0 aliphatic heterocycles. The number of rotatable bonds is 3. The van der Waals surface area contributed by atoms with Crippen molar-refractivity contribution >= 4 is 34.4 Å². The maximum absolute atomic E-state index is 14.7. The van der Waals surface area contributed by atoms with E-state index in [1.165, 1.54) is 18.2 Å². The fourth-order valence-electron chi connectivity index (χ4n) is 3.43. The van der Waals surface area contributed by atoms with E-state index >= 15 is 0 Å². The van der Waals surface area contributed by atoms with Crippen molar-refractivity contribution in [2.45, 2.75) is 6.18 Å². The van der Waals surface area contributed by atoms with E-state index < -0.39 is 51.3 Å². The summed E-state index contributed by atoms with van der Waals surface area (Å²) in [6.07, 6.45) is -4.90. The zero-order chi connectivity index (χ0) is 24.1. The Morgan fingerprint density at radius 3 is 2.35 bits per heavy atom. The Morgan fingerprint density at radius 2 is 1.74 bits per heavy atom. The van der Waals surface area contributed by atoms with E-state index in [2.05, 4.69) is 5.10 Å². The van der Waals surface area contributed by atoms with Crippen molar-refractivity contribution < 1.29 is 68.3 Å². The van der Waals surface area contributed by atoms with Gasteiger partial charge in [-0.25, -0.2) is 9.18 Å². The summed E-state index contributed by atoms with van der Waals surface area (Å²) in [5.74, 6) is -4.13. The monoisotopic (exact) mass is 502 g/mol. The van der Waals surface area contributed by atoms with Crippen LogP contribution in [0.4, 0.5) is 17.6 Å². The predicted molar refractivity (Wildman–Crippen MR) is 111 cm³/mol. The van der Waals surface area contributed by atoms with Crippen LogP contribution in [0.1, 0.15) is 27.7 Å². The molecule has 6 nitrogen and oxygen atoms in total. The zero-order valence-electron chi connectivity index (χ0n) is 18.2. The Hall–Kier alpha value is -2.92. The second-order valence-corrected chi connectivity index (χ2v) is 7.30. The number of carboxylic acid groups (broad SMARTS) is 1. The molecule has 4 aromatic rings. The topological polar surface area (TPSA) is 92.4 Å². The van der Waals surface area contributed by atoms with Gasteiger partial charge in [-0.15, -0.1) is 0 Å². The third-order valence-electron chi connectivity index (χ3n) is 4.88. The van der Waals surface area contributed by atoms with Crippen LogP contribution >= 0.6 is 11.6 Å². The molecule has 0 saturated carbocycles. The van der Waals surface area contributed by atoms with Gasteiger partial charge >= 0.3 is 41.7 Å². The average molecular weight is 503 g/mol. The molecule has 34 heavy (non-hydrogen) atoms. The number of carbonyl (C=O) groups is 2. The van der Waals surface area contributed by atoms with Crippen LogP contribution < -0.4 is 29.6 Å². The van der Waals surface area contributed by atoms with Gasteiger partial charge < -0.3 is 11.6 Å². The van der Waals surface area contributed by atoms with Gasteiger partial charge in [0.15, 0.2) is 0 Å². The largest absolute Gasteiger partial charge is 1.00 e. The summed E-state index contributed by atoms with van der Waals surface area (Å²) in [4.78, 5) is 24.3. The van der Waals surface area contributed by atoms with Crippen molar-refractivity contribution in [1.29, 1.82) is 0 Å². The molecule has 0 aliphatic carbocycles. The molecule has 0 aliphatic rings. The number of halogens is 5. The van der Waals surface area contributed by atoms with E-state index in [1.807, 2.05) is 0 Å². The van der Waals surface area contributed by atoms with Crippen LogP contribution in [0, 0.1) is 5.82 Å². The molecule has 2 N–H and O–H groups in total. The molecule has 0 unspecified atom stereocenters. The number of aromatic hydroxyl groups is 1. The molecule has 1 aromatic heterocycles. The number of benzene rings is 3. The number of alkyl halides is 3. The second-order valence-electron chi connectivity index (χ2n) is 6.90. The Balaban J connectivity index is 0.00000216. The molecular formula is C22H12ClF4N2NaO4. The van der Waals surface area contributed by atoms with Gasteiger partial charge in [-0.05, 0) is 36.4 Å². The summed E-state index contributed by atoms with van der Waals surface area (Å²) in [5.41, 5.74) is -2.88. The third kappa shape index (κ3) is 4.41. The van der Waals surface area contributed by atoms with Crippen LogP contribution in [-0.2, 0) is 6.18 Å². The second kappa shape index (κ2) is 9.38. The van der Waals surface area contributed by atoms with Gasteiger partial charge in [-0.2, -0.15) is 23.0 Å². The molecule has 4 rings (SSSR count). The normalized spacial score (nSPS) is 11.3.